The molecule has 0 aromatic carbocycles. The first-order chi connectivity index (χ1) is 8.31. The summed E-state index contributed by atoms with van der Waals surface area (Å²) in [6.45, 7) is 3.19. The Hall–Kier alpha value is -2.04. The highest BCUT2D eigenvalue weighted by Crippen LogP contribution is 2.03. The summed E-state index contributed by atoms with van der Waals surface area (Å²) in [7, 11) is 0. The van der Waals surface area contributed by atoms with Crippen LogP contribution in [0.25, 0.3) is 0 Å². The molecule has 0 radical (unpaired) electrons. The molecule has 90 valence electrons. The Morgan fingerprint density at radius 1 is 1.53 bits per heavy atom. The van der Waals surface area contributed by atoms with Crippen molar-refractivity contribution >= 4 is 5.91 Å². The molecule has 1 amide bonds. The third kappa shape index (κ3) is 2.75. The first-order valence-electron chi connectivity index (χ1n) is 5.63. The van der Waals surface area contributed by atoms with Gasteiger partial charge in [0, 0.05) is 12.7 Å². The minimum absolute atomic E-state index is 0.132. The van der Waals surface area contributed by atoms with Gasteiger partial charge in [-0.15, -0.1) is 0 Å². The second-order valence-corrected chi connectivity index (χ2v) is 3.70. The number of carbonyl (C=O) groups excluding carboxylic acids is 1. The van der Waals surface area contributed by atoms with E-state index in [-0.39, 0.29) is 5.91 Å². The van der Waals surface area contributed by atoms with Crippen molar-refractivity contribution in [1.82, 2.24) is 15.1 Å². The molecule has 5 nitrogen and oxygen atoms in total. The van der Waals surface area contributed by atoms with E-state index in [0.717, 1.165) is 18.7 Å². The fourth-order valence-corrected chi connectivity index (χ4v) is 1.59. The maximum Gasteiger partial charge on any atom is 0.269 e. The fraction of sp³-hybridized carbons (Fsp3) is 0.333. The molecule has 5 heteroatoms. The molecule has 0 bridgehead atoms. The van der Waals surface area contributed by atoms with Crippen molar-refractivity contribution in [3.05, 3.63) is 42.1 Å². The molecule has 0 atom stereocenters. The van der Waals surface area contributed by atoms with E-state index >= 15 is 0 Å². The van der Waals surface area contributed by atoms with E-state index in [4.69, 9.17) is 4.42 Å². The molecular formula is C12H15N3O2. The van der Waals surface area contributed by atoms with E-state index in [1.807, 2.05) is 13.0 Å². The van der Waals surface area contributed by atoms with Crippen LogP contribution in [0.4, 0.5) is 0 Å². The number of carbonyl (C=O) groups is 1. The molecule has 2 heterocycles. The number of amides is 1. The van der Waals surface area contributed by atoms with Crippen LogP contribution in [0.15, 0.2) is 35.1 Å². The van der Waals surface area contributed by atoms with Gasteiger partial charge in [0.1, 0.15) is 11.5 Å². The van der Waals surface area contributed by atoms with Gasteiger partial charge in [0.15, 0.2) is 0 Å². The van der Waals surface area contributed by atoms with E-state index in [9.17, 15) is 4.79 Å². The van der Waals surface area contributed by atoms with Crippen LogP contribution in [0.2, 0.25) is 0 Å². The topological polar surface area (TPSA) is 60.1 Å². The highest BCUT2D eigenvalue weighted by Gasteiger charge is 2.11. The Balaban J connectivity index is 1.97. The van der Waals surface area contributed by atoms with Crippen LogP contribution < -0.4 is 5.32 Å². The normalized spacial score (nSPS) is 10.4. The van der Waals surface area contributed by atoms with Crippen molar-refractivity contribution in [2.45, 2.75) is 26.4 Å². The number of hydrogen-bond acceptors (Lipinski definition) is 3. The zero-order valence-corrected chi connectivity index (χ0v) is 9.72. The van der Waals surface area contributed by atoms with Crippen LogP contribution in [0.3, 0.4) is 0 Å². The number of aryl methyl sites for hydroxylation is 1. The molecule has 2 aromatic heterocycles. The van der Waals surface area contributed by atoms with E-state index in [1.54, 1.807) is 29.3 Å². The third-order valence-corrected chi connectivity index (χ3v) is 2.39. The molecule has 0 spiro atoms. The summed E-state index contributed by atoms with van der Waals surface area (Å²) in [5.74, 6) is 0.604. The SMILES string of the molecule is CCCn1nccc1C(=O)NCc1ccco1. The predicted molar refractivity (Wildman–Crippen MR) is 62.4 cm³/mol. The maximum absolute atomic E-state index is 11.9. The molecule has 0 unspecified atom stereocenters. The highest BCUT2D eigenvalue weighted by atomic mass is 16.3. The Morgan fingerprint density at radius 2 is 2.41 bits per heavy atom. The van der Waals surface area contributed by atoms with Gasteiger partial charge < -0.3 is 9.73 Å². The van der Waals surface area contributed by atoms with E-state index < -0.39 is 0 Å². The lowest BCUT2D eigenvalue weighted by Crippen LogP contribution is -2.25. The molecule has 0 saturated heterocycles. The summed E-state index contributed by atoms with van der Waals surface area (Å²) in [6.07, 6.45) is 4.17. The lowest BCUT2D eigenvalue weighted by atomic mass is 10.3. The van der Waals surface area contributed by atoms with E-state index in [2.05, 4.69) is 10.4 Å². The van der Waals surface area contributed by atoms with Gasteiger partial charge in [0.05, 0.1) is 12.8 Å². The van der Waals surface area contributed by atoms with Crippen LogP contribution in [0.5, 0.6) is 0 Å². The predicted octanol–water partition coefficient (Wildman–Crippen LogP) is 1.82. The number of hydrogen-bond donors (Lipinski definition) is 1. The largest absolute Gasteiger partial charge is 0.467 e. The smallest absolute Gasteiger partial charge is 0.269 e. The molecule has 0 fully saturated rings. The molecule has 0 aliphatic rings. The van der Waals surface area contributed by atoms with Crippen molar-refractivity contribution in [2.75, 3.05) is 0 Å². The van der Waals surface area contributed by atoms with E-state index in [0.29, 0.717) is 12.2 Å². The standard InChI is InChI=1S/C12H15N3O2/c1-2-7-15-11(5-6-14-15)12(16)13-9-10-4-3-8-17-10/h3-6,8H,2,7,9H2,1H3,(H,13,16). The third-order valence-electron chi connectivity index (χ3n) is 2.39. The average Bonchev–Trinajstić information content (AvgIpc) is 2.97. The van der Waals surface area contributed by atoms with Crippen LogP contribution in [-0.4, -0.2) is 15.7 Å². The van der Waals surface area contributed by atoms with Crippen molar-refractivity contribution in [3.63, 3.8) is 0 Å². The van der Waals surface area contributed by atoms with Gasteiger partial charge in [0.25, 0.3) is 5.91 Å². The Kier molecular flexibility index (Phi) is 3.59. The van der Waals surface area contributed by atoms with Crippen LogP contribution in [0.1, 0.15) is 29.6 Å². The quantitative estimate of drug-likeness (QED) is 0.856. The van der Waals surface area contributed by atoms with Crippen molar-refractivity contribution in [2.24, 2.45) is 0 Å². The molecule has 0 saturated carbocycles. The second-order valence-electron chi connectivity index (χ2n) is 3.70. The summed E-state index contributed by atoms with van der Waals surface area (Å²) < 4.78 is 6.85. The van der Waals surface area contributed by atoms with Crippen molar-refractivity contribution in [1.29, 1.82) is 0 Å². The van der Waals surface area contributed by atoms with Gasteiger partial charge in [-0.05, 0) is 24.6 Å². The van der Waals surface area contributed by atoms with Crippen LogP contribution in [-0.2, 0) is 13.1 Å². The lowest BCUT2D eigenvalue weighted by Gasteiger charge is -2.06. The summed E-state index contributed by atoms with van der Waals surface area (Å²) in [5.41, 5.74) is 0.582. The summed E-state index contributed by atoms with van der Waals surface area (Å²) in [6, 6.07) is 5.33. The summed E-state index contributed by atoms with van der Waals surface area (Å²) in [4.78, 5) is 11.9. The fourth-order valence-electron chi connectivity index (χ4n) is 1.59. The average molecular weight is 233 g/mol. The number of aromatic nitrogens is 2. The highest BCUT2D eigenvalue weighted by molar-refractivity contribution is 5.92. The van der Waals surface area contributed by atoms with Gasteiger partial charge in [-0.1, -0.05) is 6.92 Å². The monoisotopic (exact) mass is 233 g/mol. The minimum atomic E-state index is -0.132. The van der Waals surface area contributed by atoms with Gasteiger partial charge >= 0.3 is 0 Å². The second kappa shape index (κ2) is 5.34. The summed E-state index contributed by atoms with van der Waals surface area (Å²) in [5, 5.41) is 6.90. The van der Waals surface area contributed by atoms with Crippen molar-refractivity contribution < 1.29 is 9.21 Å². The first-order valence-corrected chi connectivity index (χ1v) is 5.63. The van der Waals surface area contributed by atoms with Gasteiger partial charge in [-0.3, -0.25) is 9.48 Å². The van der Waals surface area contributed by atoms with E-state index in [1.165, 1.54) is 0 Å². The maximum atomic E-state index is 11.9. The molecule has 0 aliphatic carbocycles. The van der Waals surface area contributed by atoms with Gasteiger partial charge in [-0.25, -0.2) is 0 Å². The molecule has 17 heavy (non-hydrogen) atoms. The zero-order valence-electron chi connectivity index (χ0n) is 9.72. The Labute approximate surface area is 99.4 Å². The van der Waals surface area contributed by atoms with Gasteiger partial charge in [0.2, 0.25) is 0 Å². The summed E-state index contributed by atoms with van der Waals surface area (Å²) >= 11 is 0. The number of nitrogens with zero attached hydrogens (tertiary/aromatic N) is 2. The number of nitrogens with one attached hydrogen (secondary N) is 1. The Bertz CT molecular complexity index is 474. The van der Waals surface area contributed by atoms with Crippen LogP contribution in [0, 0.1) is 0 Å². The number of rotatable bonds is 5. The lowest BCUT2D eigenvalue weighted by molar-refractivity contribution is 0.0937. The van der Waals surface area contributed by atoms with Gasteiger partial charge in [-0.2, -0.15) is 5.10 Å². The molecule has 0 aliphatic heterocycles. The Morgan fingerprint density at radius 3 is 3.12 bits per heavy atom. The molecule has 2 rings (SSSR count). The minimum Gasteiger partial charge on any atom is -0.467 e. The molecule has 2 aromatic rings. The van der Waals surface area contributed by atoms with Crippen molar-refractivity contribution in [3.8, 4) is 0 Å². The first kappa shape index (κ1) is 11.4. The van der Waals surface area contributed by atoms with Crippen LogP contribution >= 0.6 is 0 Å². The zero-order chi connectivity index (χ0) is 12.1. The molecule has 1 N–H and O–H groups in total. The molecular weight excluding hydrogens is 218 g/mol. The number of furan rings is 1.